The summed E-state index contributed by atoms with van der Waals surface area (Å²) in [5, 5.41) is 9.04. The lowest BCUT2D eigenvalue weighted by atomic mass is 10.1. The van der Waals surface area contributed by atoms with Gasteiger partial charge in [0.05, 0.1) is 10.5 Å². The van der Waals surface area contributed by atoms with Crippen molar-refractivity contribution in [3.63, 3.8) is 0 Å². The number of carboxylic acid groups (broad SMARTS) is 1. The third-order valence-electron chi connectivity index (χ3n) is 3.62. The maximum atomic E-state index is 12.8. The van der Waals surface area contributed by atoms with Crippen molar-refractivity contribution in [3.05, 3.63) is 84.4 Å². The number of aromatic carboxylic acids is 1. The molecule has 0 aromatic heterocycles. The molecule has 0 fully saturated rings. The van der Waals surface area contributed by atoms with E-state index in [0.717, 1.165) is 5.56 Å². The van der Waals surface area contributed by atoms with Crippen LogP contribution in [0.15, 0.2) is 83.8 Å². The first-order valence-electron chi connectivity index (χ1n) is 7.48. The molecule has 0 atom stereocenters. The fourth-order valence-corrected chi connectivity index (χ4v) is 3.76. The largest absolute Gasteiger partial charge is 0.478 e. The average molecular weight is 353 g/mol. The van der Waals surface area contributed by atoms with Gasteiger partial charge in [0.25, 0.3) is 10.0 Å². The minimum atomic E-state index is -3.88. The van der Waals surface area contributed by atoms with Crippen LogP contribution in [0.2, 0.25) is 0 Å². The minimum absolute atomic E-state index is 0.0107. The molecule has 0 saturated heterocycles. The van der Waals surface area contributed by atoms with E-state index in [-0.39, 0.29) is 16.1 Å². The summed E-state index contributed by atoms with van der Waals surface area (Å²) in [5.74, 6) is -1.12. The third-order valence-corrected chi connectivity index (χ3v) is 5.06. The van der Waals surface area contributed by atoms with Gasteiger partial charge in [-0.15, -0.1) is 0 Å². The zero-order chi connectivity index (χ0) is 17.9. The molecule has 0 radical (unpaired) electrons. The van der Waals surface area contributed by atoms with Gasteiger partial charge in [0.1, 0.15) is 0 Å². The van der Waals surface area contributed by atoms with Gasteiger partial charge in [0, 0.05) is 11.3 Å². The van der Waals surface area contributed by atoms with Crippen molar-refractivity contribution in [1.82, 2.24) is 0 Å². The Morgan fingerprint density at radius 3 is 2.24 bits per heavy atom. The van der Waals surface area contributed by atoms with E-state index in [4.69, 9.17) is 5.11 Å². The van der Waals surface area contributed by atoms with Crippen molar-refractivity contribution in [1.29, 1.82) is 0 Å². The average Bonchev–Trinajstić information content (AvgIpc) is 2.62. The molecule has 0 aliphatic heterocycles. The van der Waals surface area contributed by atoms with Gasteiger partial charge in [-0.05, 0) is 29.8 Å². The Kier molecular flexibility index (Phi) is 4.54. The summed E-state index contributed by atoms with van der Waals surface area (Å²) in [7, 11) is -3.88. The van der Waals surface area contributed by atoms with Gasteiger partial charge >= 0.3 is 5.97 Å². The summed E-state index contributed by atoms with van der Waals surface area (Å²) in [6, 6.07) is 21.5. The smallest absolute Gasteiger partial charge is 0.335 e. The lowest BCUT2D eigenvalue weighted by Gasteiger charge is -2.13. The summed E-state index contributed by atoms with van der Waals surface area (Å²) in [4.78, 5) is 11.2. The molecule has 25 heavy (non-hydrogen) atoms. The predicted octanol–water partition coefficient (Wildman–Crippen LogP) is 3.85. The zero-order valence-electron chi connectivity index (χ0n) is 13.1. The van der Waals surface area contributed by atoms with Crippen LogP contribution in [0.3, 0.4) is 0 Å². The van der Waals surface area contributed by atoms with Crippen LogP contribution in [0.5, 0.6) is 0 Å². The van der Waals surface area contributed by atoms with Crippen molar-refractivity contribution in [3.8, 4) is 11.1 Å². The number of hydrogen-bond acceptors (Lipinski definition) is 3. The second kappa shape index (κ2) is 6.78. The molecule has 0 saturated carbocycles. The summed E-state index contributed by atoms with van der Waals surface area (Å²) < 4.78 is 28.1. The Labute approximate surface area is 145 Å². The van der Waals surface area contributed by atoms with Crippen molar-refractivity contribution in [2.75, 3.05) is 4.72 Å². The van der Waals surface area contributed by atoms with Crippen LogP contribution < -0.4 is 4.72 Å². The van der Waals surface area contributed by atoms with Crippen LogP contribution in [0.1, 0.15) is 10.4 Å². The van der Waals surface area contributed by atoms with Crippen LogP contribution in [-0.2, 0) is 10.0 Å². The molecule has 0 heterocycles. The molecule has 3 rings (SSSR count). The standard InChI is InChI=1S/C19H15NO4S/c21-19(22)15-9-6-10-16(13-15)20-25(23,24)18-12-5-4-11-17(18)14-7-2-1-3-8-14/h1-13,20H,(H,21,22). The molecule has 3 aromatic rings. The molecular formula is C19H15NO4S. The van der Waals surface area contributed by atoms with E-state index in [0.29, 0.717) is 5.56 Å². The maximum absolute atomic E-state index is 12.8. The molecule has 126 valence electrons. The van der Waals surface area contributed by atoms with Gasteiger partial charge in [0.15, 0.2) is 0 Å². The number of carbonyl (C=O) groups is 1. The van der Waals surface area contributed by atoms with E-state index in [2.05, 4.69) is 4.72 Å². The Balaban J connectivity index is 2.02. The minimum Gasteiger partial charge on any atom is -0.478 e. The van der Waals surface area contributed by atoms with E-state index in [9.17, 15) is 13.2 Å². The Bertz CT molecular complexity index is 1010. The van der Waals surface area contributed by atoms with E-state index in [1.54, 1.807) is 18.2 Å². The van der Waals surface area contributed by atoms with Gasteiger partial charge in [-0.25, -0.2) is 13.2 Å². The molecule has 0 amide bonds. The quantitative estimate of drug-likeness (QED) is 0.730. The third kappa shape index (κ3) is 3.70. The highest BCUT2D eigenvalue weighted by Gasteiger charge is 2.19. The maximum Gasteiger partial charge on any atom is 0.335 e. The van der Waals surface area contributed by atoms with E-state index >= 15 is 0 Å². The summed E-state index contributed by atoms with van der Waals surface area (Å²) in [5.41, 5.74) is 1.56. The fraction of sp³-hybridized carbons (Fsp3) is 0. The number of hydrogen-bond donors (Lipinski definition) is 2. The lowest BCUT2D eigenvalue weighted by molar-refractivity contribution is 0.0697. The van der Waals surface area contributed by atoms with Crippen molar-refractivity contribution in [2.24, 2.45) is 0 Å². The SMILES string of the molecule is O=C(O)c1cccc(NS(=O)(=O)c2ccccc2-c2ccccc2)c1. The van der Waals surface area contributed by atoms with Gasteiger partial charge in [-0.1, -0.05) is 54.6 Å². The normalized spacial score (nSPS) is 11.0. The van der Waals surface area contributed by atoms with Gasteiger partial charge in [0.2, 0.25) is 0 Å². The topological polar surface area (TPSA) is 83.5 Å². The molecule has 0 aliphatic carbocycles. The first-order valence-corrected chi connectivity index (χ1v) is 8.96. The summed E-state index contributed by atoms with van der Waals surface area (Å²) in [6.45, 7) is 0. The highest BCUT2D eigenvalue weighted by molar-refractivity contribution is 7.92. The number of anilines is 1. The second-order valence-electron chi connectivity index (χ2n) is 5.35. The van der Waals surface area contributed by atoms with Gasteiger partial charge < -0.3 is 5.11 Å². The number of carboxylic acids is 1. The summed E-state index contributed by atoms with van der Waals surface area (Å²) >= 11 is 0. The van der Waals surface area contributed by atoms with Crippen LogP contribution in [0, 0.1) is 0 Å². The highest BCUT2D eigenvalue weighted by atomic mass is 32.2. The molecule has 0 aliphatic rings. The molecular weight excluding hydrogens is 338 g/mol. The van der Waals surface area contributed by atoms with Crippen LogP contribution >= 0.6 is 0 Å². The van der Waals surface area contributed by atoms with Crippen LogP contribution in [0.4, 0.5) is 5.69 Å². The molecule has 0 bridgehead atoms. The monoisotopic (exact) mass is 353 g/mol. The van der Waals surface area contributed by atoms with Gasteiger partial charge in [-0.3, -0.25) is 4.72 Å². The Morgan fingerprint density at radius 1 is 0.840 bits per heavy atom. The molecule has 6 heteroatoms. The Morgan fingerprint density at radius 2 is 1.52 bits per heavy atom. The predicted molar refractivity (Wildman–Crippen MR) is 96.1 cm³/mol. The summed E-state index contributed by atoms with van der Waals surface area (Å²) in [6.07, 6.45) is 0. The van der Waals surface area contributed by atoms with Crippen molar-refractivity contribution < 1.29 is 18.3 Å². The van der Waals surface area contributed by atoms with Crippen LogP contribution in [-0.4, -0.2) is 19.5 Å². The number of nitrogens with one attached hydrogen (secondary N) is 1. The van der Waals surface area contributed by atoms with E-state index in [1.165, 1.54) is 30.3 Å². The highest BCUT2D eigenvalue weighted by Crippen LogP contribution is 2.28. The Hall–Kier alpha value is -3.12. The first-order chi connectivity index (χ1) is 12.0. The lowest BCUT2D eigenvalue weighted by Crippen LogP contribution is -2.14. The van der Waals surface area contributed by atoms with E-state index in [1.807, 2.05) is 30.3 Å². The molecule has 2 N–H and O–H groups in total. The molecule has 0 unspecified atom stereocenters. The zero-order valence-corrected chi connectivity index (χ0v) is 13.9. The van der Waals surface area contributed by atoms with Crippen molar-refractivity contribution in [2.45, 2.75) is 4.90 Å². The second-order valence-corrected chi connectivity index (χ2v) is 7.00. The number of benzene rings is 3. The van der Waals surface area contributed by atoms with E-state index < -0.39 is 16.0 Å². The first kappa shape index (κ1) is 16.7. The molecule has 0 spiro atoms. The number of sulfonamides is 1. The van der Waals surface area contributed by atoms with Crippen molar-refractivity contribution >= 4 is 21.7 Å². The molecule has 5 nitrogen and oxygen atoms in total. The molecule has 3 aromatic carbocycles. The fourth-order valence-electron chi connectivity index (χ4n) is 2.48. The van der Waals surface area contributed by atoms with Crippen LogP contribution in [0.25, 0.3) is 11.1 Å². The number of rotatable bonds is 5. The van der Waals surface area contributed by atoms with Gasteiger partial charge in [-0.2, -0.15) is 0 Å².